The Labute approximate surface area is 147 Å². The van der Waals surface area contributed by atoms with Crippen molar-refractivity contribution in [2.75, 3.05) is 0 Å². The van der Waals surface area contributed by atoms with E-state index >= 15 is 0 Å². The SMILES string of the molecule is CC(=O)NC(CC(=O)NC(C)c1ccccc1Cl)c1ccccc1. The average Bonchev–Trinajstić information content (AvgIpc) is 2.55. The van der Waals surface area contributed by atoms with Crippen LogP contribution in [0.15, 0.2) is 54.6 Å². The zero-order chi connectivity index (χ0) is 17.5. The molecule has 2 amide bonds. The van der Waals surface area contributed by atoms with Gasteiger partial charge in [0.1, 0.15) is 0 Å². The Morgan fingerprint density at radius 2 is 1.62 bits per heavy atom. The van der Waals surface area contributed by atoms with Crippen molar-refractivity contribution >= 4 is 23.4 Å². The summed E-state index contributed by atoms with van der Waals surface area (Å²) in [5.41, 5.74) is 1.76. The number of amides is 2. The molecule has 2 unspecified atom stereocenters. The molecule has 0 aromatic heterocycles. The number of carbonyl (C=O) groups excluding carboxylic acids is 2. The molecule has 0 saturated carbocycles. The maximum atomic E-state index is 12.4. The van der Waals surface area contributed by atoms with Crippen molar-refractivity contribution in [3.63, 3.8) is 0 Å². The molecule has 0 aliphatic heterocycles. The first-order valence-corrected chi connectivity index (χ1v) is 8.21. The molecule has 0 radical (unpaired) electrons. The van der Waals surface area contributed by atoms with Crippen molar-refractivity contribution < 1.29 is 9.59 Å². The number of nitrogens with one attached hydrogen (secondary N) is 2. The van der Waals surface area contributed by atoms with Gasteiger partial charge in [0.25, 0.3) is 0 Å². The Morgan fingerprint density at radius 3 is 2.25 bits per heavy atom. The molecule has 0 bridgehead atoms. The number of rotatable bonds is 6. The lowest BCUT2D eigenvalue weighted by Gasteiger charge is -2.20. The van der Waals surface area contributed by atoms with Crippen LogP contribution in [0.3, 0.4) is 0 Å². The quantitative estimate of drug-likeness (QED) is 0.837. The number of halogens is 1. The first-order chi connectivity index (χ1) is 11.5. The molecule has 2 aromatic carbocycles. The molecule has 126 valence electrons. The Morgan fingerprint density at radius 1 is 1.00 bits per heavy atom. The van der Waals surface area contributed by atoms with Gasteiger partial charge >= 0.3 is 0 Å². The first-order valence-electron chi connectivity index (χ1n) is 7.83. The summed E-state index contributed by atoms with van der Waals surface area (Å²) < 4.78 is 0. The summed E-state index contributed by atoms with van der Waals surface area (Å²) in [4.78, 5) is 23.8. The minimum Gasteiger partial charge on any atom is -0.349 e. The van der Waals surface area contributed by atoms with Gasteiger partial charge in [0.15, 0.2) is 0 Å². The van der Waals surface area contributed by atoms with Gasteiger partial charge in [-0.3, -0.25) is 9.59 Å². The van der Waals surface area contributed by atoms with Crippen LogP contribution in [-0.2, 0) is 9.59 Å². The Kier molecular flexibility index (Phi) is 6.38. The fourth-order valence-electron chi connectivity index (χ4n) is 2.57. The summed E-state index contributed by atoms with van der Waals surface area (Å²) in [6.45, 7) is 3.33. The van der Waals surface area contributed by atoms with Gasteiger partial charge in [-0.05, 0) is 24.1 Å². The largest absolute Gasteiger partial charge is 0.349 e. The predicted octanol–water partition coefficient (Wildman–Crippen LogP) is 3.78. The third-order valence-corrected chi connectivity index (χ3v) is 4.06. The van der Waals surface area contributed by atoms with Gasteiger partial charge in [-0.15, -0.1) is 0 Å². The second-order valence-electron chi connectivity index (χ2n) is 5.68. The van der Waals surface area contributed by atoms with E-state index in [1.54, 1.807) is 6.07 Å². The maximum absolute atomic E-state index is 12.4. The van der Waals surface area contributed by atoms with Crippen LogP contribution < -0.4 is 10.6 Å². The van der Waals surface area contributed by atoms with Gasteiger partial charge in [0, 0.05) is 11.9 Å². The highest BCUT2D eigenvalue weighted by Gasteiger charge is 2.19. The Hall–Kier alpha value is -2.33. The fourth-order valence-corrected chi connectivity index (χ4v) is 2.87. The molecule has 2 N–H and O–H groups in total. The van der Waals surface area contributed by atoms with E-state index in [1.807, 2.05) is 55.5 Å². The van der Waals surface area contributed by atoms with E-state index in [4.69, 9.17) is 11.6 Å². The summed E-state index contributed by atoms with van der Waals surface area (Å²) >= 11 is 6.16. The van der Waals surface area contributed by atoms with E-state index < -0.39 is 0 Å². The van der Waals surface area contributed by atoms with Gasteiger partial charge in [-0.25, -0.2) is 0 Å². The van der Waals surface area contributed by atoms with Crippen LogP contribution >= 0.6 is 11.6 Å². The Bertz CT molecular complexity index is 704. The van der Waals surface area contributed by atoms with Crippen LogP contribution in [0.1, 0.15) is 43.5 Å². The van der Waals surface area contributed by atoms with E-state index in [1.165, 1.54) is 6.92 Å². The third-order valence-electron chi connectivity index (χ3n) is 3.72. The first kappa shape index (κ1) is 18.0. The molecule has 0 saturated heterocycles. The normalized spacial score (nSPS) is 13.0. The fraction of sp³-hybridized carbons (Fsp3) is 0.263. The number of hydrogen-bond donors (Lipinski definition) is 2. The number of carbonyl (C=O) groups is 2. The molecule has 0 aliphatic carbocycles. The van der Waals surface area contributed by atoms with E-state index in [0.29, 0.717) is 5.02 Å². The van der Waals surface area contributed by atoms with Gasteiger partial charge < -0.3 is 10.6 Å². The van der Waals surface area contributed by atoms with Crippen molar-refractivity contribution in [1.82, 2.24) is 10.6 Å². The van der Waals surface area contributed by atoms with E-state index in [9.17, 15) is 9.59 Å². The third kappa shape index (κ3) is 5.10. The van der Waals surface area contributed by atoms with Crippen molar-refractivity contribution in [2.45, 2.75) is 32.4 Å². The lowest BCUT2D eigenvalue weighted by atomic mass is 10.0. The molecule has 5 heteroatoms. The molecular weight excluding hydrogens is 324 g/mol. The highest BCUT2D eigenvalue weighted by Crippen LogP contribution is 2.23. The molecule has 24 heavy (non-hydrogen) atoms. The molecule has 2 aromatic rings. The molecule has 0 heterocycles. The minimum absolute atomic E-state index is 0.148. The zero-order valence-corrected chi connectivity index (χ0v) is 14.5. The lowest BCUT2D eigenvalue weighted by Crippen LogP contribution is -2.33. The van der Waals surface area contributed by atoms with Gasteiger partial charge in [0.05, 0.1) is 18.5 Å². The van der Waals surface area contributed by atoms with E-state index in [-0.39, 0.29) is 30.3 Å². The smallest absolute Gasteiger partial charge is 0.222 e. The van der Waals surface area contributed by atoms with Crippen molar-refractivity contribution in [1.29, 1.82) is 0 Å². The highest BCUT2D eigenvalue weighted by molar-refractivity contribution is 6.31. The molecule has 0 fully saturated rings. The van der Waals surface area contributed by atoms with E-state index in [0.717, 1.165) is 11.1 Å². The van der Waals surface area contributed by atoms with Crippen molar-refractivity contribution in [3.05, 3.63) is 70.7 Å². The minimum atomic E-state index is -0.359. The van der Waals surface area contributed by atoms with Crippen LogP contribution in [0.4, 0.5) is 0 Å². The summed E-state index contributed by atoms with van der Waals surface area (Å²) in [7, 11) is 0. The summed E-state index contributed by atoms with van der Waals surface area (Å²) in [5.74, 6) is -0.319. The average molecular weight is 345 g/mol. The van der Waals surface area contributed by atoms with Gasteiger partial charge in [-0.2, -0.15) is 0 Å². The van der Waals surface area contributed by atoms with Gasteiger partial charge in [0.2, 0.25) is 11.8 Å². The standard InChI is InChI=1S/C19H21ClN2O2/c1-13(16-10-6-7-11-17(16)20)21-19(24)12-18(22-14(2)23)15-8-4-3-5-9-15/h3-11,13,18H,12H2,1-2H3,(H,21,24)(H,22,23). The summed E-state index contributed by atoms with van der Waals surface area (Å²) in [5, 5.41) is 6.38. The van der Waals surface area contributed by atoms with Crippen LogP contribution in [0, 0.1) is 0 Å². The lowest BCUT2D eigenvalue weighted by molar-refractivity contribution is -0.123. The van der Waals surface area contributed by atoms with Crippen LogP contribution in [0.25, 0.3) is 0 Å². The molecular formula is C19H21ClN2O2. The van der Waals surface area contributed by atoms with Crippen LogP contribution in [0.5, 0.6) is 0 Å². The molecule has 4 nitrogen and oxygen atoms in total. The number of benzene rings is 2. The van der Waals surface area contributed by atoms with Gasteiger partial charge in [-0.1, -0.05) is 60.1 Å². The van der Waals surface area contributed by atoms with Crippen LogP contribution in [-0.4, -0.2) is 11.8 Å². The molecule has 2 rings (SSSR count). The highest BCUT2D eigenvalue weighted by atomic mass is 35.5. The van der Waals surface area contributed by atoms with E-state index in [2.05, 4.69) is 10.6 Å². The summed E-state index contributed by atoms with van der Waals surface area (Å²) in [6.07, 6.45) is 0.165. The predicted molar refractivity (Wildman–Crippen MR) is 95.6 cm³/mol. The monoisotopic (exact) mass is 344 g/mol. The molecule has 0 aliphatic rings. The molecule has 0 spiro atoms. The molecule has 2 atom stereocenters. The van der Waals surface area contributed by atoms with Crippen molar-refractivity contribution in [3.8, 4) is 0 Å². The number of hydrogen-bond acceptors (Lipinski definition) is 2. The van der Waals surface area contributed by atoms with Crippen LogP contribution in [0.2, 0.25) is 5.02 Å². The topological polar surface area (TPSA) is 58.2 Å². The second kappa shape index (κ2) is 8.50. The second-order valence-corrected chi connectivity index (χ2v) is 6.09. The maximum Gasteiger partial charge on any atom is 0.222 e. The zero-order valence-electron chi connectivity index (χ0n) is 13.8. The Balaban J connectivity index is 2.05. The van der Waals surface area contributed by atoms with Crippen molar-refractivity contribution in [2.24, 2.45) is 0 Å². The summed E-state index contributed by atoms with van der Waals surface area (Å²) in [6, 6.07) is 16.3.